The van der Waals surface area contributed by atoms with E-state index in [1.165, 1.54) is 4.88 Å². The second-order valence-electron chi connectivity index (χ2n) is 4.09. The molecule has 0 atom stereocenters. The molecule has 0 aliphatic carbocycles. The van der Waals surface area contributed by atoms with Crippen molar-refractivity contribution >= 4 is 29.7 Å². The first-order valence-electron chi connectivity index (χ1n) is 6.15. The molecule has 2 aromatic rings. The Bertz CT molecular complexity index is 514. The average molecular weight is 316 g/mol. The van der Waals surface area contributed by atoms with E-state index < -0.39 is 0 Å². The van der Waals surface area contributed by atoms with Gasteiger partial charge in [0.15, 0.2) is 5.69 Å². The number of nitrogens with zero attached hydrogens (tertiary/aromatic N) is 3. The number of amides is 1. The molecule has 110 valence electrons. The van der Waals surface area contributed by atoms with Gasteiger partial charge in [0.05, 0.1) is 12.7 Å². The number of nitrogens with one attached hydrogen (secondary N) is 2. The molecule has 0 spiro atoms. The van der Waals surface area contributed by atoms with Crippen LogP contribution in [0.4, 0.5) is 0 Å². The number of halogens is 1. The molecule has 2 N–H and O–H groups in total. The fourth-order valence-corrected chi connectivity index (χ4v) is 2.30. The van der Waals surface area contributed by atoms with Gasteiger partial charge in [0.1, 0.15) is 0 Å². The average Bonchev–Trinajstić information content (AvgIpc) is 3.06. The molecule has 2 heterocycles. The van der Waals surface area contributed by atoms with Gasteiger partial charge < -0.3 is 10.6 Å². The summed E-state index contributed by atoms with van der Waals surface area (Å²) in [6.07, 6.45) is 2.57. The summed E-state index contributed by atoms with van der Waals surface area (Å²) in [7, 11) is 1.89. The molecule has 0 aromatic carbocycles. The lowest BCUT2D eigenvalue weighted by atomic mass is 10.4. The first kappa shape index (κ1) is 16.6. The lowest BCUT2D eigenvalue weighted by Gasteiger charge is -2.01. The fraction of sp³-hybridized carbons (Fsp3) is 0.417. The molecule has 6 nitrogen and oxygen atoms in total. The first-order chi connectivity index (χ1) is 9.29. The Kier molecular flexibility index (Phi) is 7.21. The maximum atomic E-state index is 11.8. The van der Waals surface area contributed by atoms with E-state index in [2.05, 4.69) is 20.9 Å². The number of thiophene rings is 1. The van der Waals surface area contributed by atoms with Gasteiger partial charge >= 0.3 is 0 Å². The summed E-state index contributed by atoms with van der Waals surface area (Å²) in [5, 5.41) is 15.7. The molecule has 0 aliphatic rings. The Balaban J connectivity index is 0.00000200. The summed E-state index contributed by atoms with van der Waals surface area (Å²) >= 11 is 1.66. The summed E-state index contributed by atoms with van der Waals surface area (Å²) in [4.78, 5) is 13.0. The van der Waals surface area contributed by atoms with Crippen molar-refractivity contribution in [1.82, 2.24) is 25.6 Å². The predicted octanol–water partition coefficient (Wildman–Crippen LogP) is 1.15. The highest BCUT2D eigenvalue weighted by Crippen LogP contribution is 2.09. The molecule has 0 fully saturated rings. The van der Waals surface area contributed by atoms with E-state index in [0.29, 0.717) is 18.8 Å². The molecular formula is C12H18ClN5OS. The molecule has 8 heteroatoms. The number of carbonyl (C=O) groups excluding carboxylic acids is 1. The molecule has 0 radical (unpaired) electrons. The fourth-order valence-electron chi connectivity index (χ4n) is 1.60. The third-order valence-corrected chi connectivity index (χ3v) is 3.42. The summed E-state index contributed by atoms with van der Waals surface area (Å²) in [5.41, 5.74) is 0.362. The van der Waals surface area contributed by atoms with Crippen LogP contribution in [0.3, 0.4) is 0 Å². The van der Waals surface area contributed by atoms with Crippen molar-refractivity contribution in [2.75, 3.05) is 20.1 Å². The molecular weight excluding hydrogens is 298 g/mol. The normalized spacial score (nSPS) is 10.1. The van der Waals surface area contributed by atoms with Gasteiger partial charge in [-0.15, -0.1) is 28.8 Å². The van der Waals surface area contributed by atoms with Crippen LogP contribution in [-0.2, 0) is 6.54 Å². The lowest BCUT2D eigenvalue weighted by molar-refractivity contribution is 0.0948. The van der Waals surface area contributed by atoms with Crippen LogP contribution in [0.25, 0.3) is 0 Å². The highest BCUT2D eigenvalue weighted by molar-refractivity contribution is 7.09. The van der Waals surface area contributed by atoms with E-state index in [4.69, 9.17) is 0 Å². The van der Waals surface area contributed by atoms with Crippen molar-refractivity contribution < 1.29 is 4.79 Å². The van der Waals surface area contributed by atoms with Crippen LogP contribution in [0.5, 0.6) is 0 Å². The molecule has 2 aromatic heterocycles. The van der Waals surface area contributed by atoms with E-state index in [0.717, 1.165) is 13.0 Å². The largest absolute Gasteiger partial charge is 0.351 e. The molecule has 1 amide bonds. The van der Waals surface area contributed by atoms with Crippen molar-refractivity contribution in [3.8, 4) is 0 Å². The van der Waals surface area contributed by atoms with Crippen LogP contribution in [0, 0.1) is 0 Å². The number of hydrogen-bond donors (Lipinski definition) is 2. The van der Waals surface area contributed by atoms with Gasteiger partial charge in [-0.1, -0.05) is 11.3 Å². The van der Waals surface area contributed by atoms with E-state index in [1.54, 1.807) is 22.2 Å². The van der Waals surface area contributed by atoms with Crippen LogP contribution in [-0.4, -0.2) is 41.0 Å². The highest BCUT2D eigenvalue weighted by atomic mass is 35.5. The Morgan fingerprint density at radius 1 is 1.45 bits per heavy atom. The van der Waals surface area contributed by atoms with E-state index in [9.17, 15) is 4.79 Å². The van der Waals surface area contributed by atoms with Gasteiger partial charge in [0.2, 0.25) is 0 Å². The predicted molar refractivity (Wildman–Crippen MR) is 81.6 cm³/mol. The second kappa shape index (κ2) is 8.68. The monoisotopic (exact) mass is 315 g/mol. The summed E-state index contributed by atoms with van der Waals surface area (Å²) in [5.74, 6) is -0.173. The van der Waals surface area contributed by atoms with Crippen LogP contribution < -0.4 is 10.6 Å². The van der Waals surface area contributed by atoms with Gasteiger partial charge in [-0.2, -0.15) is 0 Å². The smallest absolute Gasteiger partial charge is 0.273 e. The Morgan fingerprint density at radius 2 is 2.30 bits per heavy atom. The number of carbonyl (C=O) groups is 1. The number of rotatable bonds is 7. The second-order valence-corrected chi connectivity index (χ2v) is 5.13. The van der Waals surface area contributed by atoms with Crippen molar-refractivity contribution in [1.29, 1.82) is 0 Å². The van der Waals surface area contributed by atoms with E-state index >= 15 is 0 Å². The third kappa shape index (κ3) is 4.92. The maximum Gasteiger partial charge on any atom is 0.273 e. The minimum atomic E-state index is -0.173. The zero-order valence-corrected chi connectivity index (χ0v) is 12.8. The SMILES string of the molecule is CNCCCNC(=O)c1cn(Cc2cccs2)nn1.Cl. The molecule has 0 saturated carbocycles. The quantitative estimate of drug-likeness (QED) is 0.752. The Labute approximate surface area is 128 Å². The third-order valence-electron chi connectivity index (χ3n) is 2.56. The van der Waals surface area contributed by atoms with Crippen molar-refractivity contribution in [2.45, 2.75) is 13.0 Å². The minimum absolute atomic E-state index is 0. The van der Waals surface area contributed by atoms with Crippen molar-refractivity contribution in [3.63, 3.8) is 0 Å². The van der Waals surface area contributed by atoms with Gasteiger partial charge in [-0.25, -0.2) is 4.68 Å². The molecule has 0 aliphatic heterocycles. The summed E-state index contributed by atoms with van der Waals surface area (Å²) in [6, 6.07) is 4.02. The first-order valence-corrected chi connectivity index (χ1v) is 7.03. The van der Waals surface area contributed by atoms with Crippen LogP contribution >= 0.6 is 23.7 Å². The Morgan fingerprint density at radius 3 is 3.00 bits per heavy atom. The van der Waals surface area contributed by atoms with Gasteiger partial charge in [-0.3, -0.25) is 4.79 Å². The van der Waals surface area contributed by atoms with Gasteiger partial charge in [0, 0.05) is 11.4 Å². The summed E-state index contributed by atoms with van der Waals surface area (Å²) < 4.78 is 1.67. The molecule has 20 heavy (non-hydrogen) atoms. The molecule has 2 rings (SSSR count). The summed E-state index contributed by atoms with van der Waals surface area (Å²) in [6.45, 7) is 2.17. The lowest BCUT2D eigenvalue weighted by Crippen LogP contribution is -2.26. The van der Waals surface area contributed by atoms with Crippen LogP contribution in [0.1, 0.15) is 21.8 Å². The minimum Gasteiger partial charge on any atom is -0.351 e. The van der Waals surface area contributed by atoms with Gasteiger partial charge in [0.25, 0.3) is 5.91 Å². The zero-order valence-electron chi connectivity index (χ0n) is 11.2. The Hall–Kier alpha value is -1.44. The number of aromatic nitrogens is 3. The van der Waals surface area contributed by atoms with Crippen LogP contribution in [0.15, 0.2) is 23.7 Å². The standard InChI is InChI=1S/C12H17N5OS.ClH/c1-13-5-3-6-14-12(18)11-9-17(16-15-11)8-10-4-2-7-19-10;/h2,4,7,9,13H,3,5-6,8H2,1H3,(H,14,18);1H. The molecule has 0 saturated heterocycles. The maximum absolute atomic E-state index is 11.8. The van der Waals surface area contributed by atoms with E-state index in [1.807, 2.05) is 24.6 Å². The molecule has 0 bridgehead atoms. The zero-order chi connectivity index (χ0) is 13.5. The van der Waals surface area contributed by atoms with Crippen molar-refractivity contribution in [3.05, 3.63) is 34.3 Å². The highest BCUT2D eigenvalue weighted by Gasteiger charge is 2.10. The van der Waals surface area contributed by atoms with E-state index in [-0.39, 0.29) is 18.3 Å². The van der Waals surface area contributed by atoms with Crippen LogP contribution in [0.2, 0.25) is 0 Å². The molecule has 0 unspecified atom stereocenters. The number of hydrogen-bond acceptors (Lipinski definition) is 5. The van der Waals surface area contributed by atoms with Gasteiger partial charge in [-0.05, 0) is 31.5 Å². The topological polar surface area (TPSA) is 71.8 Å². The van der Waals surface area contributed by atoms with Crippen molar-refractivity contribution in [2.24, 2.45) is 0 Å².